The molecule has 0 aromatic heterocycles. The zero-order chi connectivity index (χ0) is 12.3. The van der Waals surface area contributed by atoms with Crippen molar-refractivity contribution in [2.45, 2.75) is 6.04 Å². The van der Waals surface area contributed by atoms with E-state index >= 15 is 0 Å². The molecule has 6 nitrogen and oxygen atoms in total. The molecule has 0 heterocycles. The molecule has 0 saturated heterocycles. The zero-order valence-corrected chi connectivity index (χ0v) is 9.12. The Balaban J connectivity index is 3.21. The van der Waals surface area contributed by atoms with Crippen LogP contribution in [0.5, 0.6) is 11.5 Å². The Morgan fingerprint density at radius 1 is 1.44 bits per heavy atom. The predicted octanol–water partition coefficient (Wildman–Crippen LogP) is 0.517. The van der Waals surface area contributed by atoms with Crippen LogP contribution in [0.4, 0.5) is 0 Å². The fraction of sp³-hybridized carbons (Fsp3) is 0.222. The number of phenols is 2. The number of rotatable bonds is 3. The molecule has 1 rings (SSSR count). The molecule has 1 atom stereocenters. The summed E-state index contributed by atoms with van der Waals surface area (Å²) in [7, 11) is 1.39. The number of hydrogen-bond donors (Lipinski definition) is 5. The zero-order valence-electron chi connectivity index (χ0n) is 8.36. The van der Waals surface area contributed by atoms with Gasteiger partial charge in [-0.3, -0.25) is 4.79 Å². The molecule has 5 N–H and O–H groups in total. The van der Waals surface area contributed by atoms with E-state index in [1.165, 1.54) is 19.2 Å². The van der Waals surface area contributed by atoms with Gasteiger partial charge in [0.1, 0.15) is 6.04 Å². The quantitative estimate of drug-likeness (QED) is 0.395. The smallest absolute Gasteiger partial charge is 0.243 e. The number of carbonyl (C=O) groups is 1. The molecule has 16 heavy (non-hydrogen) atoms. The number of phenolic OH excluding ortho intramolecular Hbond substituents is 2. The third-order valence-electron chi connectivity index (χ3n) is 2.07. The molecule has 0 saturated carbocycles. The molecule has 1 aromatic rings. The van der Waals surface area contributed by atoms with Crippen molar-refractivity contribution in [1.82, 2.24) is 10.8 Å². The maximum atomic E-state index is 11.4. The van der Waals surface area contributed by atoms with Gasteiger partial charge in [0.2, 0.25) is 5.91 Å². The van der Waals surface area contributed by atoms with Crippen LogP contribution in [0.3, 0.4) is 0 Å². The Bertz CT molecular complexity index is 411. The van der Waals surface area contributed by atoms with E-state index in [0.717, 1.165) is 0 Å². The molecule has 7 heteroatoms. The van der Waals surface area contributed by atoms with Gasteiger partial charge < -0.3 is 20.7 Å². The topological polar surface area (TPSA) is 102 Å². The van der Waals surface area contributed by atoms with Gasteiger partial charge >= 0.3 is 0 Å². The summed E-state index contributed by atoms with van der Waals surface area (Å²) in [5.41, 5.74) is 1.92. The lowest BCUT2D eigenvalue weighted by atomic mass is 10.1. The number of aromatic hydroxyl groups is 2. The van der Waals surface area contributed by atoms with Gasteiger partial charge in [0.25, 0.3) is 0 Å². The molecule has 0 bridgehead atoms. The third kappa shape index (κ3) is 2.19. The Hall–Kier alpha value is -1.50. The second kappa shape index (κ2) is 5.02. The Labute approximate surface area is 96.4 Å². The average molecular weight is 247 g/mol. The largest absolute Gasteiger partial charge is 0.504 e. The molecular weight excluding hydrogens is 236 g/mol. The Morgan fingerprint density at radius 3 is 2.56 bits per heavy atom. The van der Waals surface area contributed by atoms with Gasteiger partial charge in [-0.1, -0.05) is 17.7 Å². The van der Waals surface area contributed by atoms with Crippen molar-refractivity contribution in [3.8, 4) is 11.5 Å². The number of benzene rings is 1. The van der Waals surface area contributed by atoms with E-state index in [1.807, 2.05) is 0 Å². The van der Waals surface area contributed by atoms with E-state index in [1.54, 1.807) is 5.48 Å². The average Bonchev–Trinajstić information content (AvgIpc) is 2.29. The van der Waals surface area contributed by atoms with Crippen molar-refractivity contribution in [1.29, 1.82) is 0 Å². The van der Waals surface area contributed by atoms with Crippen molar-refractivity contribution < 1.29 is 20.2 Å². The number of hydroxylamine groups is 1. The SMILES string of the molecule is CNC(=O)C(NO)c1ccc(O)c(O)c1Cl. The third-order valence-corrected chi connectivity index (χ3v) is 2.47. The summed E-state index contributed by atoms with van der Waals surface area (Å²) in [5.74, 6) is -1.47. The fourth-order valence-corrected chi connectivity index (χ4v) is 1.48. The molecule has 88 valence electrons. The fourth-order valence-electron chi connectivity index (χ4n) is 1.21. The van der Waals surface area contributed by atoms with Crippen LogP contribution < -0.4 is 10.8 Å². The van der Waals surface area contributed by atoms with Crippen LogP contribution in [0, 0.1) is 0 Å². The lowest BCUT2D eigenvalue weighted by Crippen LogP contribution is -2.34. The molecule has 0 spiro atoms. The second-order valence-electron chi connectivity index (χ2n) is 3.01. The van der Waals surface area contributed by atoms with Gasteiger partial charge in [-0.25, -0.2) is 0 Å². The summed E-state index contributed by atoms with van der Waals surface area (Å²) < 4.78 is 0. The van der Waals surface area contributed by atoms with Crippen LogP contribution in [0.2, 0.25) is 5.02 Å². The van der Waals surface area contributed by atoms with E-state index in [2.05, 4.69) is 5.32 Å². The van der Waals surface area contributed by atoms with Crippen molar-refractivity contribution in [2.24, 2.45) is 0 Å². The monoisotopic (exact) mass is 246 g/mol. The van der Waals surface area contributed by atoms with E-state index in [4.69, 9.17) is 21.9 Å². The Kier molecular flexibility index (Phi) is 3.94. The van der Waals surface area contributed by atoms with E-state index in [9.17, 15) is 9.90 Å². The highest BCUT2D eigenvalue weighted by Gasteiger charge is 2.23. The normalized spacial score (nSPS) is 12.2. The molecule has 0 aliphatic carbocycles. The van der Waals surface area contributed by atoms with E-state index in [0.29, 0.717) is 0 Å². The molecule has 0 aliphatic heterocycles. The van der Waals surface area contributed by atoms with Crippen LogP contribution in [-0.4, -0.2) is 28.4 Å². The highest BCUT2D eigenvalue weighted by Crippen LogP contribution is 2.37. The summed E-state index contributed by atoms with van der Waals surface area (Å²) in [5, 5.41) is 29.5. The first-order valence-electron chi connectivity index (χ1n) is 4.34. The Morgan fingerprint density at radius 2 is 2.06 bits per heavy atom. The minimum atomic E-state index is -1.12. The number of nitrogens with one attached hydrogen (secondary N) is 2. The molecule has 0 radical (unpaired) electrons. The molecule has 1 amide bonds. The number of carbonyl (C=O) groups excluding carboxylic acids is 1. The van der Waals surface area contributed by atoms with Gasteiger partial charge in [0.05, 0.1) is 5.02 Å². The van der Waals surface area contributed by atoms with Gasteiger partial charge in [0, 0.05) is 12.6 Å². The summed E-state index contributed by atoms with van der Waals surface area (Å²) >= 11 is 5.73. The van der Waals surface area contributed by atoms with E-state index in [-0.39, 0.29) is 10.6 Å². The molecule has 1 unspecified atom stereocenters. The first-order chi connectivity index (χ1) is 7.52. The van der Waals surface area contributed by atoms with Crippen LogP contribution in [0.25, 0.3) is 0 Å². The molecule has 0 aliphatic rings. The van der Waals surface area contributed by atoms with Gasteiger partial charge in [-0.05, 0) is 6.07 Å². The summed E-state index contributed by atoms with van der Waals surface area (Å²) in [6.07, 6.45) is 0. The van der Waals surface area contributed by atoms with Gasteiger partial charge in [0.15, 0.2) is 11.5 Å². The number of hydrogen-bond acceptors (Lipinski definition) is 5. The first kappa shape index (κ1) is 12.6. The minimum absolute atomic E-state index is 0.152. The van der Waals surface area contributed by atoms with Crippen LogP contribution in [0.15, 0.2) is 12.1 Å². The number of likely N-dealkylation sites (N-methyl/N-ethyl adjacent to an activating group) is 1. The highest BCUT2D eigenvalue weighted by atomic mass is 35.5. The lowest BCUT2D eigenvalue weighted by molar-refractivity contribution is -0.125. The maximum Gasteiger partial charge on any atom is 0.243 e. The maximum absolute atomic E-state index is 11.4. The molecule has 1 aromatic carbocycles. The summed E-state index contributed by atoms with van der Waals surface area (Å²) in [6.45, 7) is 0. The second-order valence-corrected chi connectivity index (χ2v) is 3.39. The molecule has 0 fully saturated rings. The van der Waals surface area contributed by atoms with Crippen molar-refractivity contribution >= 4 is 17.5 Å². The van der Waals surface area contributed by atoms with Crippen molar-refractivity contribution in [2.75, 3.05) is 7.05 Å². The van der Waals surface area contributed by atoms with Crippen LogP contribution >= 0.6 is 11.6 Å². The highest BCUT2D eigenvalue weighted by molar-refractivity contribution is 6.33. The number of amides is 1. The summed E-state index contributed by atoms with van der Waals surface area (Å²) in [4.78, 5) is 11.4. The van der Waals surface area contributed by atoms with Crippen LogP contribution in [-0.2, 0) is 4.79 Å². The lowest BCUT2D eigenvalue weighted by Gasteiger charge is -2.16. The minimum Gasteiger partial charge on any atom is -0.504 e. The van der Waals surface area contributed by atoms with Crippen molar-refractivity contribution in [3.63, 3.8) is 0 Å². The summed E-state index contributed by atoms with van der Waals surface area (Å²) in [6, 6.07) is 1.37. The first-order valence-corrected chi connectivity index (χ1v) is 4.72. The van der Waals surface area contributed by atoms with E-state index < -0.39 is 23.4 Å². The van der Waals surface area contributed by atoms with Gasteiger partial charge in [-0.15, -0.1) is 0 Å². The predicted molar refractivity (Wildman–Crippen MR) is 56.5 cm³/mol. The van der Waals surface area contributed by atoms with Crippen molar-refractivity contribution in [3.05, 3.63) is 22.7 Å². The number of halogens is 1. The molecular formula is C9H11ClN2O4. The van der Waals surface area contributed by atoms with Gasteiger partial charge in [-0.2, -0.15) is 5.48 Å². The standard InChI is InChI=1S/C9H11ClN2O4/c1-11-9(15)7(12-16)4-2-3-5(13)8(14)6(4)10/h2-3,7,12-14,16H,1H3,(H,11,15). The van der Waals surface area contributed by atoms with Crippen LogP contribution in [0.1, 0.15) is 11.6 Å².